The molecule has 1 rings (SSSR count). The van der Waals surface area contributed by atoms with Crippen LogP contribution in [0.25, 0.3) is 0 Å². The first-order valence-corrected chi connectivity index (χ1v) is 8.34. The number of alkyl halides is 1. The summed E-state index contributed by atoms with van der Waals surface area (Å²) in [6.07, 6.45) is 2.41. The maximum absolute atomic E-state index is 5.25. The van der Waals surface area contributed by atoms with Crippen LogP contribution < -0.4 is 4.74 Å². The van der Waals surface area contributed by atoms with Crippen LogP contribution in [-0.2, 0) is 6.42 Å². The minimum atomic E-state index is 0.723. The van der Waals surface area contributed by atoms with Crippen LogP contribution in [0.5, 0.6) is 5.75 Å². The van der Waals surface area contributed by atoms with Crippen molar-refractivity contribution in [1.82, 2.24) is 0 Å². The molecule has 17 heavy (non-hydrogen) atoms. The lowest BCUT2D eigenvalue weighted by atomic mass is 9.99. The third kappa shape index (κ3) is 5.82. The topological polar surface area (TPSA) is 9.23 Å². The number of benzene rings is 1. The molecule has 1 aromatic rings. The lowest BCUT2D eigenvalue weighted by Gasteiger charge is -2.14. The van der Waals surface area contributed by atoms with Gasteiger partial charge in [-0.1, -0.05) is 35.0 Å². The lowest BCUT2D eigenvalue weighted by Crippen LogP contribution is -2.07. The van der Waals surface area contributed by atoms with Gasteiger partial charge < -0.3 is 4.74 Å². The van der Waals surface area contributed by atoms with Gasteiger partial charge >= 0.3 is 0 Å². The number of hydrogen-bond acceptors (Lipinski definition) is 2. The molecule has 0 fully saturated rings. The summed E-state index contributed by atoms with van der Waals surface area (Å²) in [5.74, 6) is 4.16. The molecule has 0 N–H and O–H groups in total. The monoisotopic (exact) mass is 316 g/mol. The molecule has 0 aliphatic rings. The zero-order chi connectivity index (χ0) is 12.5. The predicted molar refractivity (Wildman–Crippen MR) is 81.6 cm³/mol. The molecule has 3 heteroatoms. The Bertz CT molecular complexity index is 317. The van der Waals surface area contributed by atoms with Crippen molar-refractivity contribution in [3.63, 3.8) is 0 Å². The van der Waals surface area contributed by atoms with Crippen LogP contribution in [0.2, 0.25) is 0 Å². The van der Waals surface area contributed by atoms with Crippen LogP contribution in [0, 0.1) is 5.92 Å². The Labute approximate surface area is 117 Å². The van der Waals surface area contributed by atoms with Gasteiger partial charge in [-0.15, -0.1) is 0 Å². The first-order valence-electron chi connectivity index (χ1n) is 6.06. The van der Waals surface area contributed by atoms with Crippen molar-refractivity contribution < 1.29 is 4.74 Å². The van der Waals surface area contributed by atoms with Gasteiger partial charge in [-0.25, -0.2) is 0 Å². The number of thioether (sulfide) groups is 1. The van der Waals surface area contributed by atoms with Crippen molar-refractivity contribution in [2.24, 2.45) is 5.92 Å². The maximum Gasteiger partial charge on any atom is 0.119 e. The van der Waals surface area contributed by atoms with Gasteiger partial charge in [0.1, 0.15) is 5.75 Å². The second-order valence-electron chi connectivity index (χ2n) is 4.06. The van der Waals surface area contributed by atoms with Crippen molar-refractivity contribution in [1.29, 1.82) is 0 Å². The number of methoxy groups -OCH3 is 1. The van der Waals surface area contributed by atoms with Crippen molar-refractivity contribution in [3.8, 4) is 5.75 Å². The van der Waals surface area contributed by atoms with E-state index in [1.165, 1.54) is 23.5 Å². The molecule has 1 atom stereocenters. The van der Waals surface area contributed by atoms with Crippen LogP contribution >= 0.6 is 27.7 Å². The van der Waals surface area contributed by atoms with E-state index in [1.54, 1.807) is 7.11 Å². The van der Waals surface area contributed by atoms with Crippen molar-refractivity contribution >= 4 is 27.7 Å². The van der Waals surface area contributed by atoms with E-state index in [4.69, 9.17) is 4.74 Å². The third-order valence-corrected chi connectivity index (χ3v) is 4.60. The molecule has 0 spiro atoms. The fourth-order valence-electron chi connectivity index (χ4n) is 1.76. The molecule has 0 aliphatic carbocycles. The lowest BCUT2D eigenvalue weighted by molar-refractivity contribution is 0.414. The minimum Gasteiger partial charge on any atom is -0.497 e. The molecule has 0 saturated heterocycles. The first kappa shape index (κ1) is 14.9. The van der Waals surface area contributed by atoms with E-state index in [0.717, 1.165) is 23.4 Å². The van der Waals surface area contributed by atoms with E-state index < -0.39 is 0 Å². The molecule has 0 aromatic heterocycles. The highest BCUT2D eigenvalue weighted by atomic mass is 79.9. The largest absolute Gasteiger partial charge is 0.497 e. The molecule has 0 amide bonds. The van der Waals surface area contributed by atoms with Gasteiger partial charge in [0.05, 0.1) is 7.11 Å². The van der Waals surface area contributed by atoms with Gasteiger partial charge in [0, 0.05) is 5.33 Å². The molecule has 1 aromatic carbocycles. The van der Waals surface area contributed by atoms with E-state index in [0.29, 0.717) is 0 Å². The Morgan fingerprint density at radius 2 is 2.24 bits per heavy atom. The van der Waals surface area contributed by atoms with Crippen LogP contribution in [0.15, 0.2) is 24.3 Å². The second-order valence-corrected chi connectivity index (χ2v) is 6.10. The fraction of sp³-hybridized carbons (Fsp3) is 0.571. The van der Waals surface area contributed by atoms with Crippen molar-refractivity contribution in [3.05, 3.63) is 29.8 Å². The summed E-state index contributed by atoms with van der Waals surface area (Å²) in [6.45, 7) is 2.22. The highest BCUT2D eigenvalue weighted by Crippen LogP contribution is 2.20. The van der Waals surface area contributed by atoms with E-state index >= 15 is 0 Å². The van der Waals surface area contributed by atoms with Gasteiger partial charge in [-0.2, -0.15) is 11.8 Å². The molecule has 0 aliphatic heterocycles. The summed E-state index contributed by atoms with van der Waals surface area (Å²) in [4.78, 5) is 0. The molecule has 0 saturated carbocycles. The number of ether oxygens (including phenoxy) is 1. The van der Waals surface area contributed by atoms with E-state index in [9.17, 15) is 0 Å². The average molecular weight is 317 g/mol. The normalized spacial score (nSPS) is 12.4. The first-order chi connectivity index (χ1) is 8.30. The SMILES string of the molecule is CCSCCC(CBr)Cc1cccc(OC)c1. The van der Waals surface area contributed by atoms with Gasteiger partial charge in [-0.3, -0.25) is 0 Å². The summed E-state index contributed by atoms with van der Waals surface area (Å²) in [7, 11) is 1.72. The van der Waals surface area contributed by atoms with Crippen molar-refractivity contribution in [2.45, 2.75) is 19.8 Å². The predicted octanol–water partition coefficient (Wildman–Crippen LogP) is 4.39. The van der Waals surface area contributed by atoms with Crippen LogP contribution in [0.3, 0.4) is 0 Å². The summed E-state index contributed by atoms with van der Waals surface area (Å²) < 4.78 is 5.25. The Morgan fingerprint density at radius 1 is 1.41 bits per heavy atom. The average Bonchev–Trinajstić information content (AvgIpc) is 2.38. The van der Waals surface area contributed by atoms with Crippen molar-refractivity contribution in [2.75, 3.05) is 23.9 Å². The number of halogens is 1. The zero-order valence-electron chi connectivity index (χ0n) is 10.6. The van der Waals surface area contributed by atoms with Gasteiger partial charge in [-0.05, 0) is 48.0 Å². The minimum absolute atomic E-state index is 0.723. The number of hydrogen-bond donors (Lipinski definition) is 0. The van der Waals surface area contributed by atoms with E-state index in [2.05, 4.69) is 41.1 Å². The molecule has 0 heterocycles. The van der Waals surface area contributed by atoms with Gasteiger partial charge in [0.2, 0.25) is 0 Å². The van der Waals surface area contributed by atoms with Crippen LogP contribution in [-0.4, -0.2) is 23.9 Å². The fourth-order valence-corrected chi connectivity index (χ4v) is 3.10. The van der Waals surface area contributed by atoms with Crippen LogP contribution in [0.1, 0.15) is 18.9 Å². The van der Waals surface area contributed by atoms with E-state index in [-0.39, 0.29) is 0 Å². The van der Waals surface area contributed by atoms with Gasteiger partial charge in [0.25, 0.3) is 0 Å². The molecular formula is C14H21BrOS. The molecule has 96 valence electrons. The Balaban J connectivity index is 2.48. The molecule has 0 radical (unpaired) electrons. The summed E-state index contributed by atoms with van der Waals surface area (Å²) in [6, 6.07) is 8.40. The maximum atomic E-state index is 5.25. The molecular weight excluding hydrogens is 296 g/mol. The summed E-state index contributed by atoms with van der Waals surface area (Å²) in [5, 5.41) is 1.08. The summed E-state index contributed by atoms with van der Waals surface area (Å²) in [5.41, 5.74) is 1.37. The Morgan fingerprint density at radius 3 is 2.88 bits per heavy atom. The molecule has 0 bridgehead atoms. The number of rotatable bonds is 8. The smallest absolute Gasteiger partial charge is 0.119 e. The highest BCUT2D eigenvalue weighted by Gasteiger charge is 2.08. The summed E-state index contributed by atoms with van der Waals surface area (Å²) >= 11 is 5.65. The zero-order valence-corrected chi connectivity index (χ0v) is 13.0. The molecule has 1 nitrogen and oxygen atoms in total. The highest BCUT2D eigenvalue weighted by molar-refractivity contribution is 9.09. The quantitative estimate of drug-likeness (QED) is 0.519. The molecule has 1 unspecified atom stereocenters. The van der Waals surface area contributed by atoms with Crippen LogP contribution in [0.4, 0.5) is 0 Å². The Kier molecular flexibility index (Phi) is 7.78. The van der Waals surface area contributed by atoms with E-state index in [1.807, 2.05) is 17.8 Å². The second kappa shape index (κ2) is 8.87. The standard InChI is InChI=1S/C14H21BrOS/c1-3-17-8-7-13(11-15)9-12-5-4-6-14(10-12)16-2/h4-6,10,13H,3,7-9,11H2,1-2H3. The third-order valence-electron chi connectivity index (χ3n) is 2.75. The Hall–Kier alpha value is -0.150. The van der Waals surface area contributed by atoms with Gasteiger partial charge in [0.15, 0.2) is 0 Å².